The van der Waals surface area contributed by atoms with Crippen molar-refractivity contribution in [3.05, 3.63) is 62.2 Å². The highest BCUT2D eigenvalue weighted by Crippen LogP contribution is 2.59. The number of fused-ring (bicyclic) bond motifs is 1. The van der Waals surface area contributed by atoms with Gasteiger partial charge in [0, 0.05) is 26.1 Å². The lowest BCUT2D eigenvalue weighted by atomic mass is 9.51. The van der Waals surface area contributed by atoms with Crippen LogP contribution in [0.15, 0.2) is 33.9 Å². The maximum absolute atomic E-state index is 13.6. The highest BCUT2D eigenvalue weighted by atomic mass is 19.1. The van der Waals surface area contributed by atoms with Crippen molar-refractivity contribution in [1.82, 2.24) is 14.0 Å². The Hall–Kier alpha value is -2.94. The van der Waals surface area contributed by atoms with Gasteiger partial charge in [-0.05, 0) is 61.6 Å². The van der Waals surface area contributed by atoms with E-state index >= 15 is 0 Å². The van der Waals surface area contributed by atoms with E-state index < -0.39 is 34.0 Å². The zero-order chi connectivity index (χ0) is 23.1. The van der Waals surface area contributed by atoms with Crippen molar-refractivity contribution in [3.63, 3.8) is 0 Å². The minimum atomic E-state index is -0.881. The van der Waals surface area contributed by atoms with Crippen molar-refractivity contribution in [1.29, 1.82) is 0 Å². The molecule has 5 aliphatic rings. The van der Waals surface area contributed by atoms with Gasteiger partial charge in [0.05, 0.1) is 11.1 Å². The number of carbonyl (C=O) groups excluding carboxylic acids is 1. The van der Waals surface area contributed by atoms with Crippen LogP contribution in [-0.4, -0.2) is 42.3 Å². The number of aliphatic hydroxyl groups is 1. The molecule has 0 radical (unpaired) electrons. The van der Waals surface area contributed by atoms with Crippen molar-refractivity contribution < 1.29 is 19.4 Å². The Morgan fingerprint density at radius 2 is 1.67 bits per heavy atom. The standard InChI is InChI=1S/C24H26FN3O5/c25-17-3-1-14(2-4-17)12-26-5-6-27-18(20(26)30)19(29)21(31)28(22(27)32)23-8-15-7-16(9-23)11-24(33,10-15)13-23/h1-4,15-16,29,33H,5-13H2. The van der Waals surface area contributed by atoms with Gasteiger partial charge in [-0.1, -0.05) is 12.1 Å². The van der Waals surface area contributed by atoms with Crippen LogP contribution in [0.25, 0.3) is 0 Å². The number of nitrogens with zero attached hydrogens (tertiary/aromatic N) is 3. The lowest BCUT2D eigenvalue weighted by molar-refractivity contribution is -0.158. The van der Waals surface area contributed by atoms with Gasteiger partial charge < -0.3 is 15.1 Å². The molecule has 33 heavy (non-hydrogen) atoms. The molecule has 7 rings (SSSR count). The van der Waals surface area contributed by atoms with Gasteiger partial charge in [-0.15, -0.1) is 0 Å². The third-order valence-electron chi connectivity index (χ3n) is 8.17. The summed E-state index contributed by atoms with van der Waals surface area (Å²) in [6, 6.07) is 5.75. The molecule has 4 aliphatic carbocycles. The van der Waals surface area contributed by atoms with Gasteiger partial charge in [-0.25, -0.2) is 9.18 Å². The summed E-state index contributed by atoms with van der Waals surface area (Å²) in [7, 11) is 0. The number of aromatic hydroxyl groups is 1. The molecule has 174 valence electrons. The normalized spacial score (nSPS) is 32.3. The molecular weight excluding hydrogens is 429 g/mol. The average Bonchev–Trinajstić information content (AvgIpc) is 2.73. The third kappa shape index (κ3) is 3.01. The molecule has 2 N–H and O–H groups in total. The number of hydrogen-bond donors (Lipinski definition) is 2. The van der Waals surface area contributed by atoms with Crippen molar-refractivity contribution in [2.75, 3.05) is 6.54 Å². The number of amides is 1. The van der Waals surface area contributed by atoms with Gasteiger partial charge in [0.2, 0.25) is 5.75 Å². The lowest BCUT2D eigenvalue weighted by Crippen LogP contribution is -2.65. The summed E-state index contributed by atoms with van der Waals surface area (Å²) in [4.78, 5) is 41.5. The fourth-order valence-electron chi connectivity index (χ4n) is 7.34. The van der Waals surface area contributed by atoms with E-state index in [1.54, 1.807) is 12.1 Å². The quantitative estimate of drug-likeness (QED) is 0.731. The SMILES string of the molecule is O=C1c2c(O)c(=O)n(C34CC5CC(CC(O)(C5)C3)C4)c(=O)n2CCN1Cc1ccc(F)cc1. The van der Waals surface area contributed by atoms with Crippen LogP contribution >= 0.6 is 0 Å². The molecule has 0 saturated heterocycles. The smallest absolute Gasteiger partial charge is 0.332 e. The van der Waals surface area contributed by atoms with Crippen LogP contribution < -0.4 is 11.2 Å². The van der Waals surface area contributed by atoms with Gasteiger partial charge in [0.1, 0.15) is 5.82 Å². The molecule has 1 aromatic carbocycles. The van der Waals surface area contributed by atoms with Gasteiger partial charge in [-0.3, -0.25) is 18.7 Å². The Labute approximate surface area is 188 Å². The van der Waals surface area contributed by atoms with Gasteiger partial charge in [-0.2, -0.15) is 0 Å². The molecule has 0 spiro atoms. The van der Waals surface area contributed by atoms with E-state index in [0.29, 0.717) is 37.7 Å². The van der Waals surface area contributed by atoms with E-state index in [2.05, 4.69) is 0 Å². The highest BCUT2D eigenvalue weighted by molar-refractivity contribution is 5.95. The summed E-state index contributed by atoms with van der Waals surface area (Å²) in [6.07, 6.45) is 3.96. The first-order valence-electron chi connectivity index (χ1n) is 11.5. The van der Waals surface area contributed by atoms with E-state index in [-0.39, 0.29) is 43.0 Å². The monoisotopic (exact) mass is 455 g/mol. The second-order valence-corrected chi connectivity index (χ2v) is 10.5. The molecule has 1 aliphatic heterocycles. The summed E-state index contributed by atoms with van der Waals surface area (Å²) in [5.74, 6) is -1.20. The molecule has 1 amide bonds. The molecule has 9 heteroatoms. The minimum absolute atomic E-state index is 0.141. The maximum atomic E-state index is 13.6. The second-order valence-electron chi connectivity index (χ2n) is 10.5. The zero-order valence-corrected chi connectivity index (χ0v) is 18.2. The predicted octanol–water partition coefficient (Wildman–Crippen LogP) is 1.55. The maximum Gasteiger partial charge on any atom is 0.332 e. The molecule has 2 atom stereocenters. The van der Waals surface area contributed by atoms with Crippen molar-refractivity contribution in [2.24, 2.45) is 11.8 Å². The van der Waals surface area contributed by atoms with Crippen LogP contribution in [0.2, 0.25) is 0 Å². The first-order valence-corrected chi connectivity index (χ1v) is 11.5. The molecule has 2 aromatic rings. The Kier molecular flexibility index (Phi) is 4.25. The number of halogens is 1. The Bertz CT molecular complexity index is 1270. The molecule has 1 aromatic heterocycles. The number of carbonyl (C=O) groups is 1. The fourth-order valence-corrected chi connectivity index (χ4v) is 7.34. The first-order chi connectivity index (χ1) is 15.7. The average molecular weight is 455 g/mol. The topological polar surface area (TPSA) is 105 Å². The Balaban J connectivity index is 1.41. The molecule has 2 heterocycles. The van der Waals surface area contributed by atoms with Crippen LogP contribution in [-0.2, 0) is 18.6 Å². The van der Waals surface area contributed by atoms with Gasteiger partial charge >= 0.3 is 5.69 Å². The summed E-state index contributed by atoms with van der Waals surface area (Å²) in [5, 5.41) is 21.9. The fraction of sp³-hybridized carbons (Fsp3) is 0.542. The number of hydrogen-bond acceptors (Lipinski definition) is 5. The minimum Gasteiger partial charge on any atom is -0.501 e. The molecular formula is C24H26FN3O5. The Morgan fingerprint density at radius 1 is 1.00 bits per heavy atom. The van der Waals surface area contributed by atoms with E-state index in [1.165, 1.54) is 21.6 Å². The van der Waals surface area contributed by atoms with Crippen molar-refractivity contribution in [3.8, 4) is 5.75 Å². The summed E-state index contributed by atoms with van der Waals surface area (Å²) in [5.41, 5.74) is -2.73. The number of benzene rings is 1. The predicted molar refractivity (Wildman–Crippen MR) is 115 cm³/mol. The van der Waals surface area contributed by atoms with E-state index in [4.69, 9.17) is 0 Å². The van der Waals surface area contributed by atoms with Crippen LogP contribution in [0.4, 0.5) is 4.39 Å². The van der Waals surface area contributed by atoms with Crippen LogP contribution in [0, 0.1) is 17.7 Å². The first kappa shape index (κ1) is 20.7. The lowest BCUT2D eigenvalue weighted by Gasteiger charge is -2.60. The summed E-state index contributed by atoms with van der Waals surface area (Å²) in [6.45, 7) is 0.543. The molecule has 4 fully saturated rings. The van der Waals surface area contributed by atoms with Gasteiger partial charge in [0.25, 0.3) is 11.5 Å². The number of rotatable bonds is 3. The third-order valence-corrected chi connectivity index (χ3v) is 8.17. The van der Waals surface area contributed by atoms with E-state index in [9.17, 15) is 29.0 Å². The van der Waals surface area contributed by atoms with Crippen molar-refractivity contribution >= 4 is 5.91 Å². The molecule has 8 nitrogen and oxygen atoms in total. The van der Waals surface area contributed by atoms with Crippen LogP contribution in [0.3, 0.4) is 0 Å². The molecule has 2 unspecified atom stereocenters. The second kappa shape index (κ2) is 6.79. The van der Waals surface area contributed by atoms with E-state index in [1.807, 2.05) is 0 Å². The van der Waals surface area contributed by atoms with Crippen molar-refractivity contribution in [2.45, 2.75) is 62.8 Å². The highest BCUT2D eigenvalue weighted by Gasteiger charge is 2.59. The molecule has 4 bridgehead atoms. The largest absolute Gasteiger partial charge is 0.501 e. The van der Waals surface area contributed by atoms with E-state index in [0.717, 1.165) is 11.0 Å². The van der Waals surface area contributed by atoms with Crippen LogP contribution in [0.1, 0.15) is 54.6 Å². The Morgan fingerprint density at radius 3 is 2.30 bits per heavy atom. The molecule has 4 saturated carbocycles. The van der Waals surface area contributed by atoms with Gasteiger partial charge in [0.15, 0.2) is 5.69 Å². The van der Waals surface area contributed by atoms with Crippen LogP contribution in [0.5, 0.6) is 5.75 Å². The summed E-state index contributed by atoms with van der Waals surface area (Å²) < 4.78 is 15.6. The summed E-state index contributed by atoms with van der Waals surface area (Å²) >= 11 is 0. The number of aromatic nitrogens is 2. The zero-order valence-electron chi connectivity index (χ0n) is 18.2.